The third kappa shape index (κ3) is 5.38. The molecule has 0 fully saturated rings. The molecule has 1 unspecified atom stereocenters. The van der Waals surface area contributed by atoms with Crippen molar-refractivity contribution in [2.45, 2.75) is 37.1 Å². The normalized spacial score (nSPS) is 15.4. The van der Waals surface area contributed by atoms with Crippen molar-refractivity contribution in [3.63, 3.8) is 0 Å². The Bertz CT molecular complexity index is 1350. The summed E-state index contributed by atoms with van der Waals surface area (Å²) in [6.45, 7) is 3.56. The molecule has 5 rings (SSSR count). The molecule has 0 spiro atoms. The highest BCUT2D eigenvalue weighted by Crippen LogP contribution is 2.44. The first-order chi connectivity index (χ1) is 18.1. The molecule has 1 N–H and O–H groups in total. The Labute approximate surface area is 223 Å². The molecule has 1 aromatic heterocycles. The second-order valence-corrected chi connectivity index (χ2v) is 10.2. The van der Waals surface area contributed by atoms with E-state index in [9.17, 15) is 0 Å². The van der Waals surface area contributed by atoms with Gasteiger partial charge in [-0.05, 0) is 109 Å². The van der Waals surface area contributed by atoms with Crippen LogP contribution in [0.15, 0.2) is 65.7 Å². The van der Waals surface area contributed by atoms with Gasteiger partial charge in [0.2, 0.25) is 0 Å². The molecule has 0 saturated heterocycles. The van der Waals surface area contributed by atoms with Crippen LogP contribution < -0.4 is 18.9 Å². The van der Waals surface area contributed by atoms with Crippen molar-refractivity contribution in [2.24, 2.45) is 0 Å². The SMILES string of the molecule is CCOc1cc2c(cc1OC)CCN(Sc1ccc(OC)cc1)C2CCc1c[nH]c2ccc(OC)cc12. The Kier molecular flexibility index (Phi) is 7.82. The van der Waals surface area contributed by atoms with E-state index in [0.717, 1.165) is 54.3 Å². The van der Waals surface area contributed by atoms with Crippen LogP contribution in [0.5, 0.6) is 23.0 Å². The Morgan fingerprint density at radius 3 is 2.43 bits per heavy atom. The van der Waals surface area contributed by atoms with Gasteiger partial charge in [0.15, 0.2) is 11.5 Å². The molecule has 1 aliphatic rings. The van der Waals surface area contributed by atoms with Gasteiger partial charge in [0.1, 0.15) is 11.5 Å². The first kappa shape index (κ1) is 25.4. The van der Waals surface area contributed by atoms with Crippen molar-refractivity contribution >= 4 is 22.9 Å². The van der Waals surface area contributed by atoms with Gasteiger partial charge < -0.3 is 23.9 Å². The monoisotopic (exact) mass is 518 g/mol. The molecular weight excluding hydrogens is 484 g/mol. The highest BCUT2D eigenvalue weighted by molar-refractivity contribution is 7.97. The number of aryl methyl sites for hydroxylation is 1. The summed E-state index contributed by atoms with van der Waals surface area (Å²) in [6.07, 6.45) is 5.00. The standard InChI is InChI=1S/C30H34N2O4S/c1-5-36-30-18-26-20(16-29(30)35-4)14-15-32(37-24-10-7-22(33-2)8-11-24)28(26)13-6-21-19-31-27-12-9-23(34-3)17-25(21)27/h7-12,16-19,28,31H,5-6,13-15H2,1-4H3. The molecule has 2 heterocycles. The van der Waals surface area contributed by atoms with Gasteiger partial charge >= 0.3 is 0 Å². The summed E-state index contributed by atoms with van der Waals surface area (Å²) in [5.74, 6) is 3.36. The van der Waals surface area contributed by atoms with Crippen LogP contribution in [-0.4, -0.2) is 43.8 Å². The Morgan fingerprint density at radius 1 is 0.919 bits per heavy atom. The zero-order valence-electron chi connectivity index (χ0n) is 21.9. The lowest BCUT2D eigenvalue weighted by atomic mass is 9.90. The number of fused-ring (bicyclic) bond motifs is 2. The molecule has 0 bridgehead atoms. The van der Waals surface area contributed by atoms with Crippen molar-refractivity contribution in [3.05, 3.63) is 77.5 Å². The molecule has 0 aliphatic carbocycles. The van der Waals surface area contributed by atoms with Gasteiger partial charge in [-0.2, -0.15) is 0 Å². The minimum atomic E-state index is 0.219. The maximum atomic E-state index is 5.97. The van der Waals surface area contributed by atoms with Crippen LogP contribution in [0.25, 0.3) is 10.9 Å². The minimum Gasteiger partial charge on any atom is -0.497 e. The van der Waals surface area contributed by atoms with E-state index < -0.39 is 0 Å². The number of nitrogens with one attached hydrogen (secondary N) is 1. The summed E-state index contributed by atoms with van der Waals surface area (Å²) in [6, 6.07) is 19.1. The molecule has 0 saturated carbocycles. The number of methoxy groups -OCH3 is 3. The Morgan fingerprint density at radius 2 is 1.70 bits per heavy atom. The molecule has 7 heteroatoms. The second kappa shape index (κ2) is 11.4. The fraction of sp³-hybridized carbons (Fsp3) is 0.333. The number of rotatable bonds is 10. The van der Waals surface area contributed by atoms with E-state index in [2.05, 4.69) is 51.9 Å². The van der Waals surface area contributed by atoms with Crippen LogP contribution in [-0.2, 0) is 12.8 Å². The molecule has 1 aliphatic heterocycles. The lowest BCUT2D eigenvalue weighted by molar-refractivity contribution is 0.299. The lowest BCUT2D eigenvalue weighted by Crippen LogP contribution is -2.31. The zero-order chi connectivity index (χ0) is 25.8. The van der Waals surface area contributed by atoms with Gasteiger partial charge in [-0.3, -0.25) is 0 Å². The van der Waals surface area contributed by atoms with Crippen LogP contribution in [0, 0.1) is 0 Å². The maximum absolute atomic E-state index is 5.97. The number of hydrogen-bond acceptors (Lipinski definition) is 6. The predicted molar refractivity (Wildman–Crippen MR) is 149 cm³/mol. The highest BCUT2D eigenvalue weighted by atomic mass is 32.2. The number of nitrogens with zero attached hydrogens (tertiary/aromatic N) is 1. The summed E-state index contributed by atoms with van der Waals surface area (Å²) in [5.41, 5.74) is 5.08. The molecule has 1 atom stereocenters. The summed E-state index contributed by atoms with van der Waals surface area (Å²) >= 11 is 1.81. The maximum Gasteiger partial charge on any atom is 0.161 e. The summed E-state index contributed by atoms with van der Waals surface area (Å²) < 4.78 is 25.0. The molecule has 37 heavy (non-hydrogen) atoms. The van der Waals surface area contributed by atoms with Crippen LogP contribution in [0.2, 0.25) is 0 Å². The van der Waals surface area contributed by atoms with E-state index in [0.29, 0.717) is 6.61 Å². The highest BCUT2D eigenvalue weighted by Gasteiger charge is 2.30. The van der Waals surface area contributed by atoms with Crippen LogP contribution in [0.4, 0.5) is 0 Å². The minimum absolute atomic E-state index is 0.219. The lowest BCUT2D eigenvalue weighted by Gasteiger charge is -2.37. The van der Waals surface area contributed by atoms with E-state index in [4.69, 9.17) is 18.9 Å². The van der Waals surface area contributed by atoms with Gasteiger partial charge in [-0.15, -0.1) is 0 Å². The average Bonchev–Trinajstić information content (AvgIpc) is 3.34. The van der Waals surface area contributed by atoms with Gasteiger partial charge in [-0.1, -0.05) is 0 Å². The topological polar surface area (TPSA) is 56.0 Å². The fourth-order valence-corrected chi connectivity index (χ4v) is 6.14. The number of benzene rings is 3. The number of hydrogen-bond donors (Lipinski definition) is 1. The summed E-state index contributed by atoms with van der Waals surface area (Å²) in [4.78, 5) is 4.63. The Balaban J connectivity index is 1.47. The van der Waals surface area contributed by atoms with Crippen LogP contribution in [0.1, 0.15) is 36.1 Å². The van der Waals surface area contributed by atoms with Gasteiger partial charge in [0.25, 0.3) is 0 Å². The van der Waals surface area contributed by atoms with Crippen LogP contribution >= 0.6 is 11.9 Å². The van der Waals surface area contributed by atoms with E-state index >= 15 is 0 Å². The molecule has 4 aromatic rings. The van der Waals surface area contributed by atoms with E-state index in [1.54, 1.807) is 21.3 Å². The predicted octanol–water partition coefficient (Wildman–Crippen LogP) is 6.83. The van der Waals surface area contributed by atoms with Gasteiger partial charge in [0, 0.05) is 34.6 Å². The molecule has 3 aromatic carbocycles. The zero-order valence-corrected chi connectivity index (χ0v) is 22.7. The molecule has 0 radical (unpaired) electrons. The van der Waals surface area contributed by atoms with Crippen molar-refractivity contribution in [2.75, 3.05) is 34.5 Å². The Hall–Kier alpha value is -3.29. The fourth-order valence-electron chi connectivity index (χ4n) is 5.08. The summed E-state index contributed by atoms with van der Waals surface area (Å²) in [5, 5.41) is 1.22. The third-order valence-corrected chi connectivity index (χ3v) is 8.13. The second-order valence-electron chi connectivity index (χ2n) is 9.07. The van der Waals surface area contributed by atoms with Crippen molar-refractivity contribution in [3.8, 4) is 23.0 Å². The van der Waals surface area contributed by atoms with Crippen molar-refractivity contribution < 1.29 is 18.9 Å². The molecular formula is C30H34N2O4S. The quantitative estimate of drug-likeness (QED) is 0.232. The number of ether oxygens (including phenoxy) is 4. The van der Waals surface area contributed by atoms with E-state index in [1.807, 2.05) is 37.1 Å². The van der Waals surface area contributed by atoms with Gasteiger partial charge in [-0.25, -0.2) is 4.31 Å². The third-order valence-electron chi connectivity index (χ3n) is 6.98. The smallest absolute Gasteiger partial charge is 0.161 e. The summed E-state index contributed by atoms with van der Waals surface area (Å²) in [7, 11) is 5.12. The molecule has 0 amide bonds. The van der Waals surface area contributed by atoms with Crippen LogP contribution in [0.3, 0.4) is 0 Å². The van der Waals surface area contributed by atoms with Crippen molar-refractivity contribution in [1.82, 2.24) is 9.29 Å². The average molecular weight is 519 g/mol. The molecule has 194 valence electrons. The van der Waals surface area contributed by atoms with E-state index in [-0.39, 0.29) is 6.04 Å². The van der Waals surface area contributed by atoms with Crippen molar-refractivity contribution in [1.29, 1.82) is 0 Å². The molecule has 6 nitrogen and oxygen atoms in total. The van der Waals surface area contributed by atoms with Gasteiger partial charge in [0.05, 0.1) is 27.9 Å². The largest absolute Gasteiger partial charge is 0.497 e. The number of aromatic nitrogens is 1. The van der Waals surface area contributed by atoms with E-state index in [1.165, 1.54) is 27.0 Å². The first-order valence-electron chi connectivity index (χ1n) is 12.7. The number of H-pyrrole nitrogens is 1. The first-order valence-corrected chi connectivity index (χ1v) is 13.5. The number of aromatic amines is 1.